The van der Waals surface area contributed by atoms with Crippen molar-refractivity contribution in [3.05, 3.63) is 29.8 Å². The van der Waals surface area contributed by atoms with Gasteiger partial charge in [-0.25, -0.2) is 0 Å². The Morgan fingerprint density at radius 1 is 1.29 bits per heavy atom. The van der Waals surface area contributed by atoms with Crippen LogP contribution >= 0.6 is 0 Å². The Bertz CT molecular complexity index is 447. The topological polar surface area (TPSA) is 50.7 Å². The summed E-state index contributed by atoms with van der Waals surface area (Å²) in [6.45, 7) is 2.55. The van der Waals surface area contributed by atoms with E-state index in [2.05, 4.69) is 11.4 Å². The smallest absolute Gasteiger partial charge is 0.124 e. The van der Waals surface area contributed by atoms with Gasteiger partial charge in [0.25, 0.3) is 0 Å². The van der Waals surface area contributed by atoms with Gasteiger partial charge in [0.05, 0.1) is 19.3 Å². The van der Waals surface area contributed by atoms with E-state index in [0.29, 0.717) is 13.2 Å². The molecule has 1 heterocycles. The third-order valence-electron chi connectivity index (χ3n) is 4.15. The van der Waals surface area contributed by atoms with Gasteiger partial charge in [0.2, 0.25) is 0 Å². The van der Waals surface area contributed by atoms with Crippen LogP contribution in [0.2, 0.25) is 0 Å². The Hall–Kier alpha value is -1.10. The maximum absolute atomic E-state index is 10.0. The van der Waals surface area contributed by atoms with Crippen molar-refractivity contribution in [2.24, 2.45) is 5.92 Å². The molecular weight excluding hydrogens is 266 g/mol. The van der Waals surface area contributed by atoms with Crippen LogP contribution in [0.5, 0.6) is 5.75 Å². The molecule has 4 heteroatoms. The van der Waals surface area contributed by atoms with Crippen LogP contribution in [0.1, 0.15) is 37.3 Å². The van der Waals surface area contributed by atoms with E-state index in [4.69, 9.17) is 9.47 Å². The maximum Gasteiger partial charge on any atom is 0.124 e. The molecule has 0 amide bonds. The van der Waals surface area contributed by atoms with Crippen molar-refractivity contribution in [2.75, 3.05) is 26.4 Å². The van der Waals surface area contributed by atoms with E-state index in [0.717, 1.165) is 37.7 Å². The number of hydrogen-bond donors (Lipinski definition) is 2. The highest BCUT2D eigenvalue weighted by Crippen LogP contribution is 2.31. The lowest BCUT2D eigenvalue weighted by atomic mass is 10.0. The number of aliphatic hydroxyl groups excluding tert-OH is 1. The predicted octanol–water partition coefficient (Wildman–Crippen LogP) is 2.28. The molecule has 1 aromatic carbocycles. The molecule has 1 aliphatic heterocycles. The average molecular weight is 291 g/mol. The second-order valence-corrected chi connectivity index (χ2v) is 6.12. The largest absolute Gasteiger partial charge is 0.493 e. The monoisotopic (exact) mass is 291 g/mol. The fourth-order valence-corrected chi connectivity index (χ4v) is 2.73. The summed E-state index contributed by atoms with van der Waals surface area (Å²) in [5.41, 5.74) is 1.20. The first kappa shape index (κ1) is 14.8. The van der Waals surface area contributed by atoms with E-state index in [-0.39, 0.29) is 6.04 Å². The lowest BCUT2D eigenvalue weighted by Gasteiger charge is -2.20. The molecule has 1 aromatic rings. The molecule has 2 aliphatic rings. The minimum Gasteiger partial charge on any atom is -0.493 e. The molecule has 0 radical (unpaired) electrons. The highest BCUT2D eigenvalue weighted by molar-refractivity contribution is 5.36. The molecule has 1 fully saturated rings. The summed E-state index contributed by atoms with van der Waals surface area (Å²) in [7, 11) is 0. The maximum atomic E-state index is 10.0. The van der Waals surface area contributed by atoms with E-state index in [1.807, 2.05) is 18.2 Å². The third-order valence-corrected chi connectivity index (χ3v) is 4.15. The Labute approximate surface area is 126 Å². The number of hydrogen-bond acceptors (Lipinski definition) is 4. The van der Waals surface area contributed by atoms with Crippen molar-refractivity contribution >= 4 is 0 Å². The van der Waals surface area contributed by atoms with Crippen LogP contribution in [0.3, 0.4) is 0 Å². The van der Waals surface area contributed by atoms with Crippen LogP contribution in [0.4, 0.5) is 0 Å². The minimum absolute atomic E-state index is 0.252. The Balaban J connectivity index is 1.47. The number of nitrogens with one attached hydrogen (secondary N) is 1. The van der Waals surface area contributed by atoms with Gasteiger partial charge in [-0.1, -0.05) is 18.2 Å². The summed E-state index contributed by atoms with van der Waals surface area (Å²) in [6.07, 6.45) is 4.19. The number of fused-ring (bicyclic) bond motifs is 1. The molecule has 0 bridgehead atoms. The van der Waals surface area contributed by atoms with Gasteiger partial charge in [-0.3, -0.25) is 0 Å². The summed E-state index contributed by atoms with van der Waals surface area (Å²) >= 11 is 0. The number of ether oxygens (including phenoxy) is 2. The van der Waals surface area contributed by atoms with Crippen LogP contribution in [0.25, 0.3) is 0 Å². The van der Waals surface area contributed by atoms with Gasteiger partial charge in [-0.05, 0) is 37.7 Å². The fraction of sp³-hybridized carbons (Fsp3) is 0.647. The Morgan fingerprint density at radius 2 is 2.14 bits per heavy atom. The second-order valence-electron chi connectivity index (χ2n) is 6.12. The second kappa shape index (κ2) is 7.25. The zero-order valence-corrected chi connectivity index (χ0v) is 12.5. The summed E-state index contributed by atoms with van der Waals surface area (Å²) in [4.78, 5) is 0. The minimum atomic E-state index is -0.444. The van der Waals surface area contributed by atoms with E-state index in [1.54, 1.807) is 0 Å². The quantitative estimate of drug-likeness (QED) is 0.809. The van der Waals surface area contributed by atoms with Gasteiger partial charge >= 0.3 is 0 Å². The summed E-state index contributed by atoms with van der Waals surface area (Å²) < 4.78 is 11.3. The highest BCUT2D eigenvalue weighted by atomic mass is 16.5. The van der Waals surface area contributed by atoms with Gasteiger partial charge in [0, 0.05) is 24.8 Å². The molecule has 2 atom stereocenters. The molecular formula is C17H25NO3. The van der Waals surface area contributed by atoms with Crippen molar-refractivity contribution in [1.82, 2.24) is 5.32 Å². The zero-order chi connectivity index (χ0) is 14.5. The van der Waals surface area contributed by atoms with Crippen molar-refractivity contribution in [3.63, 3.8) is 0 Å². The Kier molecular flexibility index (Phi) is 5.12. The van der Waals surface area contributed by atoms with Crippen molar-refractivity contribution < 1.29 is 14.6 Å². The van der Waals surface area contributed by atoms with E-state index in [9.17, 15) is 5.11 Å². The molecule has 2 N–H and O–H groups in total. The van der Waals surface area contributed by atoms with Crippen LogP contribution in [0.15, 0.2) is 24.3 Å². The SMILES string of the molecule is OC(CNC1CCCOc2ccccc21)COCC1CC1. The molecule has 1 saturated carbocycles. The van der Waals surface area contributed by atoms with Crippen LogP contribution < -0.4 is 10.1 Å². The fourth-order valence-electron chi connectivity index (χ4n) is 2.73. The average Bonchev–Trinajstić information content (AvgIpc) is 3.32. The van der Waals surface area contributed by atoms with E-state index < -0.39 is 6.10 Å². The summed E-state index contributed by atoms with van der Waals surface area (Å²) in [5.74, 6) is 1.71. The summed E-state index contributed by atoms with van der Waals surface area (Å²) in [6, 6.07) is 8.42. The molecule has 0 aromatic heterocycles. The molecule has 116 valence electrons. The lowest BCUT2D eigenvalue weighted by molar-refractivity contribution is 0.0311. The molecule has 21 heavy (non-hydrogen) atoms. The van der Waals surface area contributed by atoms with Gasteiger partial charge in [0.15, 0.2) is 0 Å². The Morgan fingerprint density at radius 3 is 3.00 bits per heavy atom. The molecule has 0 saturated heterocycles. The predicted molar refractivity (Wildman–Crippen MR) is 81.5 cm³/mol. The highest BCUT2D eigenvalue weighted by Gasteiger charge is 2.22. The number of benzene rings is 1. The molecule has 1 aliphatic carbocycles. The first-order valence-corrected chi connectivity index (χ1v) is 8.04. The standard InChI is InChI=1S/C17H25NO3/c19-14(12-20-11-13-7-8-13)10-18-16-5-3-9-21-17-6-2-1-4-15(16)17/h1-2,4,6,13-14,16,18-19H,3,5,7-12H2. The number of rotatable bonds is 7. The number of aliphatic hydroxyl groups is 1. The van der Waals surface area contributed by atoms with Crippen LogP contribution in [0, 0.1) is 5.92 Å². The molecule has 3 rings (SSSR count). The lowest BCUT2D eigenvalue weighted by Crippen LogP contribution is -2.33. The molecule has 0 spiro atoms. The van der Waals surface area contributed by atoms with Crippen molar-refractivity contribution in [1.29, 1.82) is 0 Å². The molecule has 2 unspecified atom stereocenters. The zero-order valence-electron chi connectivity index (χ0n) is 12.5. The normalized spacial score (nSPS) is 23.0. The van der Waals surface area contributed by atoms with Crippen molar-refractivity contribution in [2.45, 2.75) is 37.8 Å². The van der Waals surface area contributed by atoms with Gasteiger partial charge < -0.3 is 19.9 Å². The van der Waals surface area contributed by atoms with E-state index in [1.165, 1.54) is 18.4 Å². The first-order valence-electron chi connectivity index (χ1n) is 8.04. The van der Waals surface area contributed by atoms with Crippen molar-refractivity contribution in [3.8, 4) is 5.75 Å². The number of para-hydroxylation sites is 1. The van der Waals surface area contributed by atoms with Gasteiger partial charge in [-0.2, -0.15) is 0 Å². The van der Waals surface area contributed by atoms with Gasteiger partial charge in [-0.15, -0.1) is 0 Å². The third kappa shape index (κ3) is 4.43. The van der Waals surface area contributed by atoms with E-state index >= 15 is 0 Å². The molecule has 4 nitrogen and oxygen atoms in total. The van der Waals surface area contributed by atoms with Crippen LogP contribution in [-0.4, -0.2) is 37.6 Å². The first-order chi connectivity index (χ1) is 10.3. The van der Waals surface area contributed by atoms with Crippen LogP contribution in [-0.2, 0) is 4.74 Å². The van der Waals surface area contributed by atoms with Gasteiger partial charge in [0.1, 0.15) is 5.75 Å². The summed E-state index contributed by atoms with van der Waals surface area (Å²) in [5, 5.41) is 13.5.